The van der Waals surface area contributed by atoms with Gasteiger partial charge in [-0.05, 0) is 84.6 Å². The number of hydrogen-bond donors (Lipinski definition) is 4. The van der Waals surface area contributed by atoms with Crippen molar-refractivity contribution in [3.05, 3.63) is 155 Å². The van der Waals surface area contributed by atoms with Gasteiger partial charge in [-0.25, -0.2) is 9.59 Å². The van der Waals surface area contributed by atoms with E-state index in [4.69, 9.17) is 14.2 Å². The summed E-state index contributed by atoms with van der Waals surface area (Å²) in [5.41, 5.74) is 5.73. The number of likely N-dealkylation sites (tertiary alicyclic amines) is 1. The van der Waals surface area contributed by atoms with E-state index in [1.165, 1.54) is 0 Å². The van der Waals surface area contributed by atoms with Crippen molar-refractivity contribution in [3.63, 3.8) is 0 Å². The van der Waals surface area contributed by atoms with Crippen molar-refractivity contribution >= 4 is 28.4 Å². The number of aromatic amines is 1. The van der Waals surface area contributed by atoms with Crippen LogP contribution in [0.5, 0.6) is 11.5 Å². The molecule has 0 aliphatic carbocycles. The van der Waals surface area contributed by atoms with Gasteiger partial charge < -0.3 is 39.8 Å². The molecule has 11 heteroatoms. The highest BCUT2D eigenvalue weighted by Crippen LogP contribution is 2.42. The minimum atomic E-state index is -0.634. The highest BCUT2D eigenvalue weighted by molar-refractivity contribution is 5.99. The molecule has 2 aliphatic heterocycles. The van der Waals surface area contributed by atoms with Crippen LogP contribution in [0.15, 0.2) is 132 Å². The van der Waals surface area contributed by atoms with Crippen molar-refractivity contribution < 1.29 is 24.1 Å². The van der Waals surface area contributed by atoms with Gasteiger partial charge in [0.15, 0.2) is 6.29 Å². The number of fused-ring (bicyclic) bond motifs is 1. The lowest BCUT2D eigenvalue weighted by Gasteiger charge is -2.44. The number of rotatable bonds is 10. The number of aliphatic hydroxyl groups is 1. The first-order valence-corrected chi connectivity index (χ1v) is 18.8. The number of aliphatic hydroxyl groups excluding tert-OH is 1. The van der Waals surface area contributed by atoms with Crippen LogP contribution in [0.3, 0.4) is 0 Å². The number of piperidine rings is 1. The van der Waals surface area contributed by atoms with Crippen LogP contribution in [0.25, 0.3) is 11.0 Å². The molecule has 282 valence electrons. The Hall–Kier alpha value is -5.72. The molecule has 4 atom stereocenters. The van der Waals surface area contributed by atoms with Gasteiger partial charge in [0.1, 0.15) is 11.5 Å². The number of para-hydroxylation sites is 3. The molecule has 0 bridgehead atoms. The van der Waals surface area contributed by atoms with E-state index in [9.17, 15) is 14.7 Å². The van der Waals surface area contributed by atoms with Crippen LogP contribution in [0.2, 0.25) is 0 Å². The number of nitrogens with zero attached hydrogens (tertiary/aromatic N) is 2. The summed E-state index contributed by atoms with van der Waals surface area (Å²) in [6.45, 7) is 4.56. The monoisotopic (exact) mass is 739 g/mol. The average Bonchev–Trinajstić information content (AvgIpc) is 3.56. The first kappa shape index (κ1) is 36.3. The molecule has 8 rings (SSSR count). The molecule has 11 nitrogen and oxygen atoms in total. The number of hydrogen-bond acceptors (Lipinski definition) is 7. The molecule has 55 heavy (non-hydrogen) atoms. The number of urea groups is 1. The fraction of sp³-hybridized carbons (Fsp3) is 0.273. The van der Waals surface area contributed by atoms with E-state index in [-0.39, 0.29) is 42.5 Å². The number of benzene rings is 5. The number of ether oxygens (including phenoxy) is 3. The SMILES string of the molecule is C[C@@H]1[C@H](CN2CCC(n3c(=O)[nH]c4ccccc43)CC2)O[C@H](c2ccc(NC(=O)Nc3ccc(Oc4ccccc4)cc3)cc2)O[C@@H]1c1ccc(CO)cc1. The zero-order valence-corrected chi connectivity index (χ0v) is 30.6. The molecule has 0 radical (unpaired) electrons. The first-order valence-electron chi connectivity index (χ1n) is 18.8. The van der Waals surface area contributed by atoms with Crippen LogP contribution in [0.1, 0.15) is 54.9 Å². The Morgan fingerprint density at radius 2 is 1.40 bits per heavy atom. The zero-order chi connectivity index (χ0) is 37.7. The molecule has 0 saturated carbocycles. The molecule has 2 saturated heterocycles. The maximum atomic E-state index is 12.9. The number of imidazole rings is 1. The fourth-order valence-corrected chi connectivity index (χ4v) is 7.63. The van der Waals surface area contributed by atoms with Gasteiger partial charge in [0.2, 0.25) is 0 Å². The van der Waals surface area contributed by atoms with Crippen LogP contribution in [0, 0.1) is 5.92 Å². The smallest absolute Gasteiger partial charge is 0.326 e. The van der Waals surface area contributed by atoms with Crippen molar-refractivity contribution in [2.24, 2.45) is 5.92 Å². The summed E-state index contributed by atoms with van der Waals surface area (Å²) in [6.07, 6.45) is 0.717. The number of nitrogens with one attached hydrogen (secondary N) is 3. The Labute approximate surface area is 319 Å². The second-order valence-corrected chi connectivity index (χ2v) is 14.3. The largest absolute Gasteiger partial charge is 0.457 e. The van der Waals surface area contributed by atoms with Gasteiger partial charge in [-0.15, -0.1) is 0 Å². The molecule has 2 aliphatic rings. The van der Waals surface area contributed by atoms with E-state index in [1.807, 2.05) is 108 Å². The third-order valence-corrected chi connectivity index (χ3v) is 10.6. The van der Waals surface area contributed by atoms with Crippen LogP contribution < -0.4 is 21.1 Å². The maximum Gasteiger partial charge on any atom is 0.326 e. The Morgan fingerprint density at radius 1 is 0.782 bits per heavy atom. The van der Waals surface area contributed by atoms with E-state index in [0.29, 0.717) is 17.1 Å². The van der Waals surface area contributed by atoms with E-state index in [0.717, 1.165) is 65.9 Å². The molecule has 5 aromatic carbocycles. The molecule has 1 aromatic heterocycles. The minimum Gasteiger partial charge on any atom is -0.457 e. The number of amides is 2. The Balaban J connectivity index is 0.920. The normalized spacial score (nSPS) is 20.6. The number of aromatic nitrogens is 2. The summed E-state index contributed by atoms with van der Waals surface area (Å²) in [6, 6.07) is 39.8. The molecule has 2 fully saturated rings. The van der Waals surface area contributed by atoms with Crippen LogP contribution >= 0.6 is 0 Å². The zero-order valence-electron chi connectivity index (χ0n) is 30.6. The highest BCUT2D eigenvalue weighted by Gasteiger charge is 2.39. The first-order chi connectivity index (χ1) is 26.9. The highest BCUT2D eigenvalue weighted by atomic mass is 16.7. The van der Waals surface area contributed by atoms with Crippen molar-refractivity contribution in [2.75, 3.05) is 30.3 Å². The molecule has 2 amide bonds. The summed E-state index contributed by atoms with van der Waals surface area (Å²) < 4.78 is 21.2. The van der Waals surface area contributed by atoms with Gasteiger partial charge >= 0.3 is 11.7 Å². The topological polar surface area (TPSA) is 130 Å². The molecule has 6 aromatic rings. The maximum absolute atomic E-state index is 12.9. The Morgan fingerprint density at radius 3 is 2.09 bits per heavy atom. The van der Waals surface area contributed by atoms with E-state index in [2.05, 4.69) is 27.4 Å². The molecule has 4 N–H and O–H groups in total. The molecular weight excluding hydrogens is 695 g/mol. The number of carbonyl (C=O) groups is 1. The predicted molar refractivity (Wildman–Crippen MR) is 212 cm³/mol. The van der Waals surface area contributed by atoms with Gasteiger partial charge in [-0.1, -0.05) is 73.7 Å². The number of H-pyrrole nitrogens is 1. The van der Waals surface area contributed by atoms with E-state index >= 15 is 0 Å². The summed E-state index contributed by atoms with van der Waals surface area (Å²) in [7, 11) is 0. The number of anilines is 2. The van der Waals surface area contributed by atoms with Crippen LogP contribution in [0.4, 0.5) is 16.2 Å². The lowest BCUT2D eigenvalue weighted by molar-refractivity contribution is -0.276. The van der Waals surface area contributed by atoms with Gasteiger partial charge in [0, 0.05) is 48.5 Å². The lowest BCUT2D eigenvalue weighted by atomic mass is 9.89. The molecular formula is C44H45N5O6. The van der Waals surface area contributed by atoms with Crippen LogP contribution in [-0.4, -0.2) is 51.3 Å². The lowest BCUT2D eigenvalue weighted by Crippen LogP contribution is -2.47. The van der Waals surface area contributed by atoms with Gasteiger partial charge in [-0.2, -0.15) is 0 Å². The van der Waals surface area contributed by atoms with Crippen molar-refractivity contribution in [2.45, 2.75) is 50.9 Å². The van der Waals surface area contributed by atoms with Crippen LogP contribution in [-0.2, 0) is 16.1 Å². The Kier molecular flexibility index (Phi) is 10.8. The average molecular weight is 740 g/mol. The third kappa shape index (κ3) is 8.35. The Bertz CT molecular complexity index is 2250. The quantitative estimate of drug-likeness (QED) is 0.111. The summed E-state index contributed by atoms with van der Waals surface area (Å²) in [5.74, 6) is 1.45. The molecule has 0 unspecified atom stereocenters. The fourth-order valence-electron chi connectivity index (χ4n) is 7.63. The van der Waals surface area contributed by atoms with Gasteiger partial charge in [0.05, 0.1) is 29.8 Å². The minimum absolute atomic E-state index is 0.0231. The second kappa shape index (κ2) is 16.3. The van der Waals surface area contributed by atoms with E-state index in [1.54, 1.807) is 24.3 Å². The van der Waals surface area contributed by atoms with Gasteiger partial charge in [-0.3, -0.25) is 4.57 Å². The molecule has 0 spiro atoms. The summed E-state index contributed by atoms with van der Waals surface area (Å²) in [4.78, 5) is 31.2. The van der Waals surface area contributed by atoms with Crippen molar-refractivity contribution in [1.82, 2.24) is 14.5 Å². The van der Waals surface area contributed by atoms with Gasteiger partial charge in [0.25, 0.3) is 0 Å². The third-order valence-electron chi connectivity index (χ3n) is 10.6. The second-order valence-electron chi connectivity index (χ2n) is 14.3. The van der Waals surface area contributed by atoms with E-state index < -0.39 is 6.29 Å². The van der Waals surface area contributed by atoms with Crippen molar-refractivity contribution in [3.8, 4) is 11.5 Å². The van der Waals surface area contributed by atoms with Crippen molar-refractivity contribution in [1.29, 1.82) is 0 Å². The molecule has 3 heterocycles. The summed E-state index contributed by atoms with van der Waals surface area (Å²) >= 11 is 0. The number of carbonyl (C=O) groups excluding carboxylic acids is 1. The predicted octanol–water partition coefficient (Wildman–Crippen LogP) is 8.39. The standard InChI is InChI=1S/C44H45N5O6/c1-29-40(27-48-25-23-35(24-26-48)49-39-10-6-5-9-38(39)47-44(49)52)54-42(55-41(29)31-13-11-30(28-50)12-14-31)32-15-17-33(18-16-32)45-43(51)46-34-19-21-37(22-20-34)53-36-7-3-2-4-8-36/h2-22,29,35,40-42,50H,23-28H2,1H3,(H,47,52)(H2,45,46,51)/t29-,40+,41+,42+/m1/s1. The summed E-state index contributed by atoms with van der Waals surface area (Å²) in [5, 5.41) is 15.4.